The molecule has 0 bridgehead atoms. The van der Waals surface area contributed by atoms with E-state index in [1.165, 1.54) is 0 Å². The zero-order chi connectivity index (χ0) is 18.2. The summed E-state index contributed by atoms with van der Waals surface area (Å²) in [6.07, 6.45) is 2.90. The van der Waals surface area contributed by atoms with Gasteiger partial charge in [0, 0.05) is 58.0 Å². The van der Waals surface area contributed by atoms with E-state index in [2.05, 4.69) is 0 Å². The molecule has 0 fully saturated rings. The minimum absolute atomic E-state index is 0.315. The molecule has 0 unspecified atom stereocenters. The maximum absolute atomic E-state index is 12.2. The van der Waals surface area contributed by atoms with E-state index in [0.717, 1.165) is 12.8 Å². The van der Waals surface area contributed by atoms with Crippen LogP contribution < -0.4 is 0 Å². The van der Waals surface area contributed by atoms with E-state index in [4.69, 9.17) is 10.5 Å². The number of halogens is 10. The number of hydrogen-bond acceptors (Lipinski definition) is 2. The van der Waals surface area contributed by atoms with E-state index in [0.29, 0.717) is 12.8 Å². The number of alkyl halides is 10. The Morgan fingerprint density at radius 3 is 1.00 bits per heavy atom. The van der Waals surface area contributed by atoms with Crippen molar-refractivity contribution in [3.05, 3.63) is 0 Å². The summed E-state index contributed by atoms with van der Waals surface area (Å²) >= 11 is -0.631. The van der Waals surface area contributed by atoms with Crippen LogP contribution in [0.1, 0.15) is 25.7 Å². The molecule has 0 spiro atoms. The van der Waals surface area contributed by atoms with E-state index in [1.54, 1.807) is 0 Å². The van der Waals surface area contributed by atoms with E-state index < -0.39 is 19.7 Å². The third-order valence-electron chi connectivity index (χ3n) is 1.93. The predicted molar refractivity (Wildman–Crippen MR) is 77.5 cm³/mol. The number of nitrogens with zero attached hydrogens (tertiary/aromatic N) is 2. The SMILES string of the molecule is FC(F)(I)C(F)(F)C(F)(F)C(F)(F)I.N#CCCCCC#N. The third-order valence-corrected chi connectivity index (χ3v) is 3.29. The Morgan fingerprint density at radius 2 is 0.864 bits per heavy atom. The molecule has 0 rings (SSSR count). The summed E-state index contributed by atoms with van der Waals surface area (Å²) in [5, 5.41) is 16.1. The lowest BCUT2D eigenvalue weighted by Crippen LogP contribution is -2.58. The van der Waals surface area contributed by atoms with Crippen molar-refractivity contribution in [2.45, 2.75) is 45.4 Å². The molecule has 0 aromatic rings. The number of hydrogen-bond donors (Lipinski definition) is 0. The Morgan fingerprint density at radius 1 is 0.636 bits per heavy atom. The van der Waals surface area contributed by atoms with Crippen LogP contribution in [0.3, 0.4) is 0 Å². The van der Waals surface area contributed by atoms with Gasteiger partial charge in [0.1, 0.15) is 0 Å². The van der Waals surface area contributed by atoms with Crippen LogP contribution in [0.5, 0.6) is 0 Å². The van der Waals surface area contributed by atoms with Crippen molar-refractivity contribution in [2.75, 3.05) is 0 Å². The summed E-state index contributed by atoms with van der Waals surface area (Å²) in [5.41, 5.74) is 0. The van der Waals surface area contributed by atoms with Gasteiger partial charge in [-0.25, -0.2) is 0 Å². The smallest absolute Gasteiger partial charge is 0.198 e. The summed E-state index contributed by atoms with van der Waals surface area (Å²) < 4.78 is 86.1. The van der Waals surface area contributed by atoms with Crippen molar-refractivity contribution in [3.63, 3.8) is 0 Å². The lowest BCUT2D eigenvalue weighted by Gasteiger charge is -2.31. The molecule has 12 heteroatoms. The molecule has 0 amide bonds. The first-order chi connectivity index (χ1) is 9.66. The highest BCUT2D eigenvalue weighted by Crippen LogP contribution is 2.56. The molecular formula is C10H8F8I2N2. The van der Waals surface area contributed by atoms with Gasteiger partial charge in [-0.15, -0.1) is 0 Å². The number of nitriles is 2. The zero-order valence-electron chi connectivity index (χ0n) is 10.5. The summed E-state index contributed by atoms with van der Waals surface area (Å²) in [6.45, 7) is 0. The number of rotatable bonds is 6. The van der Waals surface area contributed by atoms with Gasteiger partial charge in [-0.3, -0.25) is 0 Å². The van der Waals surface area contributed by atoms with Crippen LogP contribution in [0.25, 0.3) is 0 Å². The minimum atomic E-state index is -6.12. The molecule has 0 saturated heterocycles. The van der Waals surface area contributed by atoms with Crippen molar-refractivity contribution in [3.8, 4) is 12.1 Å². The predicted octanol–water partition coefficient (Wildman–Crippen LogP) is 5.91. The number of unbranched alkanes of at least 4 members (excludes halogenated alkanes) is 3. The van der Waals surface area contributed by atoms with Gasteiger partial charge < -0.3 is 0 Å². The lowest BCUT2D eigenvalue weighted by atomic mass is 10.2. The second kappa shape index (κ2) is 9.24. The topological polar surface area (TPSA) is 47.6 Å². The average molecular weight is 562 g/mol. The van der Waals surface area contributed by atoms with Crippen LogP contribution >= 0.6 is 45.2 Å². The minimum Gasteiger partial charge on any atom is -0.198 e. The molecule has 0 aliphatic heterocycles. The Kier molecular flexibility index (Phi) is 10.1. The van der Waals surface area contributed by atoms with Gasteiger partial charge in [-0.2, -0.15) is 45.6 Å². The van der Waals surface area contributed by atoms with Crippen LogP contribution in [0.4, 0.5) is 35.1 Å². The molecule has 0 aromatic carbocycles. The van der Waals surface area contributed by atoms with Gasteiger partial charge >= 0.3 is 19.7 Å². The summed E-state index contributed by atoms with van der Waals surface area (Å²) in [4.78, 5) is 0. The van der Waals surface area contributed by atoms with Gasteiger partial charge in [0.15, 0.2) is 0 Å². The van der Waals surface area contributed by atoms with E-state index in [9.17, 15) is 35.1 Å². The van der Waals surface area contributed by atoms with Crippen LogP contribution in [-0.4, -0.2) is 19.7 Å². The van der Waals surface area contributed by atoms with Crippen LogP contribution in [-0.2, 0) is 0 Å². The molecule has 22 heavy (non-hydrogen) atoms. The van der Waals surface area contributed by atoms with Crippen molar-refractivity contribution in [2.24, 2.45) is 0 Å². The first-order valence-corrected chi connectivity index (χ1v) is 7.45. The summed E-state index contributed by atoms with van der Waals surface area (Å²) in [7, 11) is 0. The van der Waals surface area contributed by atoms with Crippen LogP contribution in [0.2, 0.25) is 0 Å². The van der Waals surface area contributed by atoms with Gasteiger partial charge in [-0.1, -0.05) is 0 Å². The average Bonchev–Trinajstić information content (AvgIpc) is 2.32. The highest BCUT2D eigenvalue weighted by molar-refractivity contribution is 14.1. The molecule has 2 nitrogen and oxygen atoms in total. The monoisotopic (exact) mass is 562 g/mol. The third kappa shape index (κ3) is 6.97. The second-order valence-electron chi connectivity index (χ2n) is 3.67. The van der Waals surface area contributed by atoms with Gasteiger partial charge in [0.2, 0.25) is 0 Å². The second-order valence-corrected chi connectivity index (χ2v) is 6.38. The molecule has 0 heterocycles. The van der Waals surface area contributed by atoms with Gasteiger partial charge in [-0.05, 0) is 12.8 Å². The highest BCUT2D eigenvalue weighted by atomic mass is 127. The summed E-state index contributed by atoms with van der Waals surface area (Å²) in [5.74, 6) is -12.2. The molecule has 0 N–H and O–H groups in total. The largest absolute Gasteiger partial charge is 0.388 e. The molecule has 0 aromatic heterocycles. The fraction of sp³-hybridized carbons (Fsp3) is 0.800. The van der Waals surface area contributed by atoms with E-state index >= 15 is 0 Å². The Balaban J connectivity index is 0. The normalized spacial score (nSPS) is 12.7. The Bertz CT molecular complexity index is 377. The maximum Gasteiger partial charge on any atom is 0.388 e. The standard InChI is InChI=1S/C6H8N2.C4F8I2/c7-5-3-1-2-4-6-8;5-1(6,3(9,10)13)2(7,8)4(11,12)14/h1-4H2;. The van der Waals surface area contributed by atoms with E-state index in [-0.39, 0.29) is 45.2 Å². The zero-order valence-corrected chi connectivity index (χ0v) is 14.8. The Hall–Kier alpha value is -0.120. The van der Waals surface area contributed by atoms with E-state index in [1.807, 2.05) is 12.1 Å². The van der Waals surface area contributed by atoms with Crippen molar-refractivity contribution >= 4 is 45.2 Å². The fourth-order valence-corrected chi connectivity index (χ4v) is 1.44. The van der Waals surface area contributed by atoms with Crippen molar-refractivity contribution < 1.29 is 35.1 Å². The molecule has 0 aliphatic rings. The first-order valence-electron chi connectivity index (χ1n) is 5.29. The molecule has 0 aliphatic carbocycles. The molecule has 128 valence electrons. The highest BCUT2D eigenvalue weighted by Gasteiger charge is 2.79. The van der Waals surface area contributed by atoms with Crippen LogP contribution in [0, 0.1) is 22.7 Å². The first kappa shape index (κ1) is 24.1. The van der Waals surface area contributed by atoms with Gasteiger partial charge in [0.25, 0.3) is 0 Å². The molecular weight excluding hydrogens is 554 g/mol. The maximum atomic E-state index is 12.2. The molecule has 0 radical (unpaired) electrons. The summed E-state index contributed by atoms with van der Waals surface area (Å²) in [6, 6.07) is 4.03. The van der Waals surface area contributed by atoms with Crippen molar-refractivity contribution in [1.29, 1.82) is 10.5 Å². The molecule has 0 saturated carbocycles. The van der Waals surface area contributed by atoms with Gasteiger partial charge in [0.05, 0.1) is 12.1 Å². The fourth-order valence-electron chi connectivity index (χ4n) is 0.764. The van der Waals surface area contributed by atoms with Crippen molar-refractivity contribution in [1.82, 2.24) is 0 Å². The van der Waals surface area contributed by atoms with Crippen LogP contribution in [0.15, 0.2) is 0 Å². The Labute approximate surface area is 148 Å². The lowest BCUT2D eigenvalue weighted by molar-refractivity contribution is -0.312. The molecule has 0 atom stereocenters. The quantitative estimate of drug-likeness (QED) is 0.175.